The topological polar surface area (TPSA) is 88.8 Å². The van der Waals surface area contributed by atoms with Gasteiger partial charge >= 0.3 is 5.97 Å². The zero-order chi connectivity index (χ0) is 15.6. The first kappa shape index (κ1) is 16.0. The van der Waals surface area contributed by atoms with Crippen LogP contribution in [0.3, 0.4) is 0 Å². The number of hydrogen-bond acceptors (Lipinski definition) is 4. The molecule has 7 nitrogen and oxygen atoms in total. The maximum Gasteiger partial charge on any atom is 0.352 e. The van der Waals surface area contributed by atoms with Gasteiger partial charge in [-0.3, -0.25) is 0 Å². The zero-order valence-corrected chi connectivity index (χ0v) is 13.0. The van der Waals surface area contributed by atoms with Crippen LogP contribution in [0.2, 0.25) is 0 Å². The van der Waals surface area contributed by atoms with Gasteiger partial charge in [0.15, 0.2) is 0 Å². The number of ether oxygens (including phenoxy) is 1. The van der Waals surface area contributed by atoms with Crippen LogP contribution in [-0.2, 0) is 21.8 Å². The van der Waals surface area contributed by atoms with Gasteiger partial charge in [-0.05, 0) is 24.8 Å². The summed E-state index contributed by atoms with van der Waals surface area (Å²) in [5, 5.41) is 9.00. The Hall–Kier alpha value is -1.38. The van der Waals surface area contributed by atoms with E-state index in [0.29, 0.717) is 19.8 Å². The predicted molar refractivity (Wildman–Crippen MR) is 75.7 cm³/mol. The van der Waals surface area contributed by atoms with E-state index in [1.54, 1.807) is 0 Å². The summed E-state index contributed by atoms with van der Waals surface area (Å²) >= 11 is 0. The highest BCUT2D eigenvalue weighted by atomic mass is 32.2. The second-order valence-electron chi connectivity index (χ2n) is 5.32. The molecule has 2 heterocycles. The quantitative estimate of drug-likeness (QED) is 0.867. The Bertz CT molecular complexity index is 617. The predicted octanol–water partition coefficient (Wildman–Crippen LogP) is 0.770. The van der Waals surface area contributed by atoms with Crippen LogP contribution < -0.4 is 0 Å². The molecule has 0 aromatic carbocycles. The van der Waals surface area contributed by atoms with Crippen LogP contribution in [0.1, 0.15) is 23.3 Å². The number of rotatable bonds is 5. The molecule has 1 saturated heterocycles. The van der Waals surface area contributed by atoms with Gasteiger partial charge in [0, 0.05) is 40.1 Å². The average molecular weight is 316 g/mol. The highest BCUT2D eigenvalue weighted by molar-refractivity contribution is 7.89. The number of sulfonamides is 1. The number of carboxylic acids is 1. The van der Waals surface area contributed by atoms with Gasteiger partial charge in [0.1, 0.15) is 10.6 Å². The molecule has 8 heteroatoms. The lowest BCUT2D eigenvalue weighted by Crippen LogP contribution is -2.34. The minimum absolute atomic E-state index is 0.0111. The van der Waals surface area contributed by atoms with Crippen LogP contribution in [0.4, 0.5) is 0 Å². The van der Waals surface area contributed by atoms with Crippen LogP contribution in [0.15, 0.2) is 17.2 Å². The summed E-state index contributed by atoms with van der Waals surface area (Å²) in [4.78, 5) is 11.0. The summed E-state index contributed by atoms with van der Waals surface area (Å²) in [6, 6.07) is 1.19. The van der Waals surface area contributed by atoms with E-state index in [1.165, 1.54) is 35.2 Å². The molecular weight excluding hydrogens is 296 g/mol. The Morgan fingerprint density at radius 3 is 2.62 bits per heavy atom. The van der Waals surface area contributed by atoms with Crippen LogP contribution in [0.5, 0.6) is 0 Å². The monoisotopic (exact) mass is 316 g/mol. The van der Waals surface area contributed by atoms with Gasteiger partial charge in [-0.15, -0.1) is 0 Å². The smallest absolute Gasteiger partial charge is 0.352 e. The van der Waals surface area contributed by atoms with E-state index in [4.69, 9.17) is 9.84 Å². The standard InChI is InChI=1S/C13H20N2O5S/c1-14-9-11(7-12(14)13(16)17)21(18,19)15(2)8-10-3-5-20-6-4-10/h7,9-10H,3-6,8H2,1-2H3,(H,16,17). The van der Waals surface area contributed by atoms with Crippen molar-refractivity contribution in [2.45, 2.75) is 17.7 Å². The normalized spacial score (nSPS) is 17.3. The van der Waals surface area contributed by atoms with Crippen LogP contribution in [0.25, 0.3) is 0 Å². The van der Waals surface area contributed by atoms with Crippen LogP contribution in [-0.4, -0.2) is 55.2 Å². The van der Waals surface area contributed by atoms with Crippen molar-refractivity contribution in [3.63, 3.8) is 0 Å². The highest BCUT2D eigenvalue weighted by Gasteiger charge is 2.27. The maximum absolute atomic E-state index is 12.5. The zero-order valence-electron chi connectivity index (χ0n) is 12.2. The van der Waals surface area contributed by atoms with Crippen molar-refractivity contribution in [1.29, 1.82) is 0 Å². The van der Waals surface area contributed by atoms with Crippen molar-refractivity contribution in [2.75, 3.05) is 26.8 Å². The Morgan fingerprint density at radius 1 is 1.48 bits per heavy atom. The Kier molecular flexibility index (Phi) is 4.70. The first-order valence-corrected chi connectivity index (χ1v) is 8.20. The van der Waals surface area contributed by atoms with E-state index < -0.39 is 16.0 Å². The van der Waals surface area contributed by atoms with E-state index in [-0.39, 0.29) is 16.5 Å². The molecule has 1 aromatic rings. The molecule has 1 fully saturated rings. The van der Waals surface area contributed by atoms with Gasteiger partial charge in [-0.1, -0.05) is 0 Å². The van der Waals surface area contributed by atoms with Gasteiger partial charge < -0.3 is 14.4 Å². The molecule has 0 saturated carbocycles. The molecule has 1 aliphatic heterocycles. The van der Waals surface area contributed by atoms with E-state index in [1.807, 2.05) is 0 Å². The second kappa shape index (κ2) is 6.17. The van der Waals surface area contributed by atoms with Crippen molar-refractivity contribution in [1.82, 2.24) is 8.87 Å². The van der Waals surface area contributed by atoms with Crippen molar-refractivity contribution in [3.8, 4) is 0 Å². The number of nitrogens with zero attached hydrogens (tertiary/aromatic N) is 2. The number of aromatic nitrogens is 1. The summed E-state index contributed by atoms with van der Waals surface area (Å²) in [6.45, 7) is 1.74. The van der Waals surface area contributed by atoms with Crippen LogP contribution >= 0.6 is 0 Å². The van der Waals surface area contributed by atoms with Gasteiger partial charge in [0.2, 0.25) is 10.0 Å². The van der Waals surface area contributed by atoms with Crippen molar-refractivity contribution in [3.05, 3.63) is 18.0 Å². The summed E-state index contributed by atoms with van der Waals surface area (Å²) in [7, 11) is -0.624. The fraction of sp³-hybridized carbons (Fsp3) is 0.615. The van der Waals surface area contributed by atoms with Gasteiger partial charge in [-0.25, -0.2) is 17.5 Å². The lowest BCUT2D eigenvalue weighted by Gasteiger charge is -2.26. The lowest BCUT2D eigenvalue weighted by atomic mass is 10.0. The third-order valence-electron chi connectivity index (χ3n) is 3.76. The average Bonchev–Trinajstić information content (AvgIpc) is 2.82. The Morgan fingerprint density at radius 2 is 2.10 bits per heavy atom. The lowest BCUT2D eigenvalue weighted by molar-refractivity contribution is 0.0620. The highest BCUT2D eigenvalue weighted by Crippen LogP contribution is 2.21. The van der Waals surface area contributed by atoms with Crippen LogP contribution in [0, 0.1) is 5.92 Å². The van der Waals surface area contributed by atoms with Crippen molar-refractivity contribution in [2.24, 2.45) is 13.0 Å². The Balaban J connectivity index is 2.16. The summed E-state index contributed by atoms with van der Waals surface area (Å²) in [5.74, 6) is -0.868. The van der Waals surface area contributed by atoms with Gasteiger partial charge in [-0.2, -0.15) is 0 Å². The molecule has 0 atom stereocenters. The van der Waals surface area contributed by atoms with E-state index in [2.05, 4.69) is 0 Å². The number of hydrogen-bond donors (Lipinski definition) is 1. The molecule has 0 amide bonds. The number of aryl methyl sites for hydroxylation is 1. The molecule has 0 bridgehead atoms. The minimum Gasteiger partial charge on any atom is -0.477 e. The molecule has 0 spiro atoms. The Labute approximate surface area is 124 Å². The first-order chi connectivity index (χ1) is 9.82. The SMILES string of the molecule is CN(CC1CCOCC1)S(=O)(=O)c1cc(C(=O)O)n(C)c1. The molecule has 1 aliphatic rings. The van der Waals surface area contributed by atoms with Crippen molar-refractivity contribution >= 4 is 16.0 Å². The van der Waals surface area contributed by atoms with Gasteiger partial charge in [0.25, 0.3) is 0 Å². The summed E-state index contributed by atoms with van der Waals surface area (Å²) in [6.07, 6.45) is 3.02. The summed E-state index contributed by atoms with van der Waals surface area (Å²) < 4.78 is 32.8. The van der Waals surface area contributed by atoms with Gasteiger partial charge in [0.05, 0.1) is 0 Å². The van der Waals surface area contributed by atoms with E-state index >= 15 is 0 Å². The maximum atomic E-state index is 12.5. The number of carbonyl (C=O) groups is 1. The largest absolute Gasteiger partial charge is 0.477 e. The number of carboxylic acid groups (broad SMARTS) is 1. The summed E-state index contributed by atoms with van der Waals surface area (Å²) in [5.41, 5.74) is -0.0481. The second-order valence-corrected chi connectivity index (χ2v) is 7.36. The number of aromatic carboxylic acids is 1. The van der Waals surface area contributed by atoms with E-state index in [9.17, 15) is 13.2 Å². The fourth-order valence-electron chi connectivity index (χ4n) is 2.46. The molecule has 1 N–H and O–H groups in total. The molecule has 118 valence electrons. The molecular formula is C13H20N2O5S. The third-order valence-corrected chi connectivity index (χ3v) is 5.55. The molecule has 0 aliphatic carbocycles. The molecule has 0 radical (unpaired) electrons. The molecule has 2 rings (SSSR count). The fourth-order valence-corrected chi connectivity index (χ4v) is 3.78. The first-order valence-electron chi connectivity index (χ1n) is 6.76. The van der Waals surface area contributed by atoms with Crippen molar-refractivity contribution < 1.29 is 23.1 Å². The molecule has 21 heavy (non-hydrogen) atoms. The minimum atomic E-state index is -3.67. The van der Waals surface area contributed by atoms with E-state index in [0.717, 1.165) is 12.8 Å². The third kappa shape index (κ3) is 3.45. The molecule has 1 aromatic heterocycles. The molecule has 0 unspecified atom stereocenters.